The highest BCUT2D eigenvalue weighted by molar-refractivity contribution is 7.93. The first-order chi connectivity index (χ1) is 65.1. The highest BCUT2D eigenvalue weighted by atomic mass is 35.5. The van der Waals surface area contributed by atoms with E-state index < -0.39 is 128 Å². The fourth-order valence-electron chi connectivity index (χ4n) is 14.0. The van der Waals surface area contributed by atoms with Gasteiger partial charge in [0.05, 0.1) is 51.4 Å². The maximum absolute atomic E-state index is 13.1. The topological polar surface area (TPSA) is 592 Å². The van der Waals surface area contributed by atoms with Crippen LogP contribution in [0, 0.1) is 111 Å². The number of benzene rings is 4. The number of hydroxylamine groups is 3. The molecule has 4 amide bonds. The zero-order chi connectivity index (χ0) is 108. The van der Waals surface area contributed by atoms with Crippen LogP contribution in [0.5, 0.6) is 0 Å². The lowest BCUT2D eigenvalue weighted by Gasteiger charge is -2.25. The number of carboxylic acid groups (broad SMARTS) is 1. The number of nitrogens with two attached hydrogens (primary N) is 5. The predicted molar refractivity (Wildman–Crippen MR) is 566 cm³/mol. The molecule has 794 valence electrons. The minimum absolute atomic E-state index is 0. The lowest BCUT2D eigenvalue weighted by atomic mass is 10.0. The third kappa shape index (κ3) is 44.9. The number of carbonyl (C=O) groups is 7. The van der Waals surface area contributed by atoms with Crippen molar-refractivity contribution in [2.75, 3.05) is 77.5 Å². The van der Waals surface area contributed by atoms with Crippen molar-refractivity contribution in [1.82, 2.24) is 41.4 Å². The van der Waals surface area contributed by atoms with E-state index in [1.165, 1.54) is 43.0 Å². The maximum atomic E-state index is 13.1. The summed E-state index contributed by atoms with van der Waals surface area (Å²) in [4.78, 5) is 124. The number of aryl methyl sites for hydroxylation is 8. The number of likely N-dealkylation sites (N-methyl/N-ethyl adjacent to an activating group) is 1. The summed E-state index contributed by atoms with van der Waals surface area (Å²) in [5.74, 6) is -3.73. The number of hydrogen-bond acceptors (Lipinski definition) is 32. The summed E-state index contributed by atoms with van der Waals surface area (Å²) in [5.41, 5.74) is 45.1. The van der Waals surface area contributed by atoms with Gasteiger partial charge in [-0.05, 0) is 313 Å². The van der Waals surface area contributed by atoms with Crippen molar-refractivity contribution >= 4 is 151 Å². The van der Waals surface area contributed by atoms with E-state index in [-0.39, 0.29) is 113 Å². The zero-order valence-electron chi connectivity index (χ0n) is 87.3. The molecule has 4 aromatic carbocycles. The fraction of sp³-hybridized carbons (Fsp3) is 0.542. The number of amidine groups is 4. The van der Waals surface area contributed by atoms with Crippen molar-refractivity contribution in [3.63, 3.8) is 0 Å². The number of ketones is 2. The lowest BCUT2D eigenvalue weighted by molar-refractivity contribution is -0.171. The minimum Gasteiger partial charge on any atom is -0.480 e. The standard InChI is InChI=1S/C25H36N4O5S2.C24H40N4O6S.C22H35N3O6S.C20H28N4O3S2.C3H3NS.C2H7NO.ClH/c1-15-13-16(2)22(18(4)17(15)3)36(32,33)14-20(26)27-10-8-9-19(21(30)23-28-11-12-35-23)29-24(31)34-25(5,6)7;1-15-13-16(2)21(18(4)17(15)3)35(31,32)14-20(25)26-12-10-11-19(22(29)28(8)33-9)27-23(30)34-24(5,6)7;1-13-11-14(2)19(16(4)15(13)3)32(29,30)12-18(23)24-10-8-9-17(20(26)27)25-21(28)31-22(5,6)7;1-12-10-13(2)19(15(4)14(12)3)29(26,27)11-17(22)23-7-5-6-16(21)18(25)20-24-8-9-28-20;1-2-5-3-4-1;1-3-4-2;/h11-13,19H,8-10,14H2,1-7H3,(H2,26,27)(H,29,31);13,19H,10-12,14H2,1-9H3,(H2,25,26)(H,27,30);11,17H,8-10,12H2,1-7H3,(H2,23,24)(H,25,28)(H,26,27);8-10,16H,5-7,11,21H2,1-4H3,(H2,22,23);1-3H;3H,1-2H3;1H/t2*19-;17-;16-;;;/m0000.../s1. The van der Waals surface area contributed by atoms with Gasteiger partial charge in [-0.25, -0.2) is 73.4 Å². The lowest BCUT2D eigenvalue weighted by Crippen LogP contribution is -2.48. The number of hydrogen-bond donors (Lipinski definition) is 10. The first-order valence-corrected chi connectivity index (χ1v) is 54.5. The van der Waals surface area contributed by atoms with Crippen LogP contribution in [0.4, 0.5) is 14.4 Å². The molecule has 0 spiro atoms. The van der Waals surface area contributed by atoms with Crippen LogP contribution in [0.1, 0.15) is 222 Å². The zero-order valence-corrected chi connectivity index (χ0v) is 93.8. The van der Waals surface area contributed by atoms with E-state index >= 15 is 0 Å². The number of alkyl carbamates (subject to hydrolysis) is 3. The number of aromatic nitrogens is 3. The predicted octanol–water partition coefficient (Wildman–Crippen LogP) is 13.4. The van der Waals surface area contributed by atoms with Crippen LogP contribution >= 0.6 is 46.4 Å². The Labute approximate surface area is 857 Å². The number of halogens is 1. The van der Waals surface area contributed by atoms with Gasteiger partial charge in [0, 0.05) is 75.0 Å². The molecular formula is C96H150ClN17O21S7. The van der Waals surface area contributed by atoms with Gasteiger partial charge in [-0.2, -0.15) is 0 Å². The number of nitrogens with one attached hydrogen (secondary N) is 4. The monoisotopic (exact) mass is 2140 g/mol. The van der Waals surface area contributed by atoms with Crippen molar-refractivity contribution in [1.29, 1.82) is 0 Å². The van der Waals surface area contributed by atoms with Crippen molar-refractivity contribution in [3.05, 3.63) is 164 Å². The van der Waals surface area contributed by atoms with E-state index in [0.29, 0.717) is 80.4 Å². The van der Waals surface area contributed by atoms with Crippen LogP contribution in [0.3, 0.4) is 0 Å². The Bertz CT molecular complexity index is 5960. The summed E-state index contributed by atoms with van der Waals surface area (Å²) in [7, 11) is -8.59. The molecule has 0 aliphatic carbocycles. The maximum Gasteiger partial charge on any atom is 0.408 e. The molecule has 142 heavy (non-hydrogen) atoms. The van der Waals surface area contributed by atoms with Gasteiger partial charge in [-0.1, -0.05) is 24.3 Å². The van der Waals surface area contributed by atoms with Crippen LogP contribution in [0.25, 0.3) is 0 Å². The normalized spacial score (nSPS) is 13.0. The summed E-state index contributed by atoms with van der Waals surface area (Å²) in [6, 6.07) is 3.87. The van der Waals surface area contributed by atoms with E-state index in [1.807, 2.05) is 92.0 Å². The number of rotatable bonds is 39. The van der Waals surface area contributed by atoms with Crippen LogP contribution in [-0.2, 0) is 72.8 Å². The van der Waals surface area contributed by atoms with Gasteiger partial charge in [0.25, 0.3) is 5.91 Å². The average molecular weight is 2140 g/mol. The molecule has 4 atom stereocenters. The van der Waals surface area contributed by atoms with Gasteiger partial charge in [0.1, 0.15) is 75.2 Å². The Morgan fingerprint density at radius 2 is 0.697 bits per heavy atom. The van der Waals surface area contributed by atoms with Crippen LogP contribution in [-0.4, -0.2) is 242 Å². The second-order valence-electron chi connectivity index (χ2n) is 36.5. The molecule has 3 heterocycles. The number of Topliss-reactive ketones (excluding diaryl/α,β-unsaturated/α-hetero) is 2. The Morgan fingerprint density at radius 1 is 0.423 bits per heavy atom. The molecular weight excluding hydrogens is 1990 g/mol. The van der Waals surface area contributed by atoms with Crippen molar-refractivity contribution < 1.29 is 96.2 Å². The van der Waals surface area contributed by atoms with E-state index in [4.69, 9.17) is 47.7 Å². The summed E-state index contributed by atoms with van der Waals surface area (Å²) in [6.07, 6.45) is 5.18. The number of carboxylic acids is 1. The van der Waals surface area contributed by atoms with Gasteiger partial charge in [-0.3, -0.25) is 44.2 Å². The van der Waals surface area contributed by atoms with Crippen molar-refractivity contribution in [2.45, 2.75) is 285 Å². The number of nitrogens with zero attached hydrogens (tertiary/aromatic N) is 8. The van der Waals surface area contributed by atoms with Gasteiger partial charge < -0.3 is 68.8 Å². The molecule has 0 aliphatic heterocycles. The Hall–Kier alpha value is -10.3. The quantitative estimate of drug-likeness (QED) is 0.00427. The van der Waals surface area contributed by atoms with Crippen molar-refractivity contribution in [2.24, 2.45) is 48.6 Å². The summed E-state index contributed by atoms with van der Waals surface area (Å²) >= 11 is 4.04. The third-order valence-electron chi connectivity index (χ3n) is 21.4. The largest absolute Gasteiger partial charge is 0.480 e. The van der Waals surface area contributed by atoms with Crippen molar-refractivity contribution in [3.8, 4) is 0 Å². The van der Waals surface area contributed by atoms with Gasteiger partial charge in [0.15, 0.2) is 49.4 Å². The number of aliphatic imine (C=N–C) groups is 4. The smallest absolute Gasteiger partial charge is 0.408 e. The molecule has 0 aliphatic rings. The summed E-state index contributed by atoms with van der Waals surface area (Å²) < 4.78 is 119. The molecule has 0 radical (unpaired) electrons. The molecule has 0 fully saturated rings. The first-order valence-electron chi connectivity index (χ1n) is 45.2. The second-order valence-corrected chi connectivity index (χ2v) is 46.8. The molecule has 46 heteroatoms. The molecule has 7 rings (SSSR count). The molecule has 0 saturated carbocycles. The molecule has 7 aromatic rings. The van der Waals surface area contributed by atoms with E-state index in [1.54, 1.807) is 165 Å². The molecule has 3 aromatic heterocycles. The van der Waals surface area contributed by atoms with E-state index in [9.17, 15) is 72.3 Å². The first kappa shape index (κ1) is 130. The third-order valence-corrected chi connectivity index (χ3v) is 31.2. The summed E-state index contributed by atoms with van der Waals surface area (Å²) in [5, 5.41) is 23.8. The molecule has 0 bridgehead atoms. The van der Waals surface area contributed by atoms with Gasteiger partial charge in [0.2, 0.25) is 11.6 Å². The summed E-state index contributed by atoms with van der Waals surface area (Å²) in [6.45, 7) is 45.9. The minimum atomic E-state index is -3.68. The average Bonchev–Trinajstić information content (AvgIpc) is 0.982. The Morgan fingerprint density at radius 3 is 0.944 bits per heavy atom. The Balaban J connectivity index is 0.000000916. The number of sulfone groups is 4. The van der Waals surface area contributed by atoms with Crippen LogP contribution in [0.15, 0.2) is 104 Å². The number of ether oxygens (including phenoxy) is 3. The number of aliphatic carboxylic acids is 1. The van der Waals surface area contributed by atoms with Gasteiger partial charge in [-0.15, -0.1) is 46.4 Å². The van der Waals surface area contributed by atoms with E-state index in [0.717, 1.165) is 60.7 Å². The van der Waals surface area contributed by atoms with Crippen LogP contribution < -0.4 is 50.1 Å². The van der Waals surface area contributed by atoms with Crippen LogP contribution in [0.2, 0.25) is 0 Å². The number of thiazole rings is 3. The second kappa shape index (κ2) is 59.8. The molecule has 0 unspecified atom stereocenters. The molecule has 38 nitrogen and oxygen atoms in total. The molecule has 15 N–H and O–H groups in total. The van der Waals surface area contributed by atoms with Gasteiger partial charge >= 0.3 is 24.2 Å². The Kier molecular flexibility index (Phi) is 54.6. The highest BCUT2D eigenvalue weighted by Gasteiger charge is 2.33. The molecule has 0 saturated heterocycles. The van der Waals surface area contributed by atoms with E-state index in [2.05, 4.69) is 61.2 Å². The highest BCUT2D eigenvalue weighted by Crippen LogP contribution is 2.32. The number of carbonyl (C=O) groups excluding carboxylic acids is 6. The SMILES string of the molecule is CNOC.CON(C)C(=O)[C@H](CCCN=C(N)CS(=O)(=O)c1c(C)cc(C)c(C)c1C)NC(=O)OC(C)(C)C.Cc1cc(C)c(S(=O)(=O)CC(N)=NCCC[C@H](N)C(=O)c2nccs2)c(C)c1C.Cc1cc(C)c(S(=O)(=O)CC(N)=NCCC[C@H](NC(=O)OC(C)(C)C)C(=O)O)c(C)c1C.Cc1cc(C)c(S(=O)(=O)CC(N)=NCCC[C@H](NC(=O)OC(C)(C)C)C(=O)c2nccs2)c(C)c1C.Cl.c1cscn1. The number of amides is 4. The fourth-order valence-corrected chi connectivity index (χ4v) is 22.8.